The minimum atomic E-state index is -0.143. The first-order chi connectivity index (χ1) is 18.6. The van der Waals surface area contributed by atoms with Gasteiger partial charge in [-0.3, -0.25) is 9.78 Å². The lowest BCUT2D eigenvalue weighted by atomic mass is 10.1. The first kappa shape index (κ1) is 28.5. The number of hydrogen-bond donors (Lipinski definition) is 1. The summed E-state index contributed by atoms with van der Waals surface area (Å²) in [5, 5.41) is 6.79. The van der Waals surface area contributed by atoms with Crippen LogP contribution in [0.3, 0.4) is 0 Å². The van der Waals surface area contributed by atoms with Crippen molar-refractivity contribution in [3.8, 4) is 11.3 Å². The Balaban J connectivity index is 0.000000505. The van der Waals surface area contributed by atoms with Gasteiger partial charge in [0.25, 0.3) is 5.91 Å². The Labute approximate surface area is 239 Å². The summed E-state index contributed by atoms with van der Waals surface area (Å²) < 4.78 is 3.41. The van der Waals surface area contributed by atoms with Gasteiger partial charge in [0, 0.05) is 41.0 Å². The Kier molecular flexibility index (Phi) is 10.9. The fourth-order valence-electron chi connectivity index (χ4n) is 4.33. The van der Waals surface area contributed by atoms with Crippen molar-refractivity contribution in [3.05, 3.63) is 76.8 Å². The third kappa shape index (κ3) is 7.52. The molecule has 1 amide bonds. The molecule has 2 aromatic carbocycles. The maximum absolute atomic E-state index is 12.9. The van der Waals surface area contributed by atoms with E-state index in [-0.39, 0.29) is 5.91 Å². The average molecular weight is 566 g/mol. The van der Waals surface area contributed by atoms with E-state index in [1.54, 1.807) is 23.6 Å². The molecule has 0 atom stereocenters. The van der Waals surface area contributed by atoms with Gasteiger partial charge in [-0.05, 0) is 90.2 Å². The molecular formula is C31H36ClN3OS2. The van der Waals surface area contributed by atoms with Crippen LogP contribution in [0.5, 0.6) is 0 Å². The summed E-state index contributed by atoms with van der Waals surface area (Å²) in [5.74, 6) is 1.01. The highest BCUT2D eigenvalue weighted by Crippen LogP contribution is 2.36. The van der Waals surface area contributed by atoms with Crippen molar-refractivity contribution in [2.45, 2.75) is 58.8 Å². The molecular weight excluding hydrogens is 530 g/mol. The molecule has 4 aromatic rings. The molecule has 1 fully saturated rings. The first-order valence-corrected chi connectivity index (χ1v) is 15.7. The van der Waals surface area contributed by atoms with Crippen molar-refractivity contribution < 1.29 is 4.79 Å². The number of aromatic nitrogens is 1. The summed E-state index contributed by atoms with van der Waals surface area (Å²) in [4.78, 5) is 17.4. The molecule has 0 unspecified atom stereocenters. The zero-order chi connectivity index (χ0) is 26.7. The fourth-order valence-corrected chi connectivity index (χ4v) is 6.52. The van der Waals surface area contributed by atoms with Gasteiger partial charge in [0.1, 0.15) is 0 Å². The Morgan fingerprint density at radius 1 is 1.00 bits per heavy atom. The number of fused-ring (bicyclic) bond motifs is 1. The van der Waals surface area contributed by atoms with E-state index in [1.165, 1.54) is 44.9 Å². The second-order valence-electron chi connectivity index (χ2n) is 9.40. The number of thiophene rings is 1. The first-order valence-electron chi connectivity index (χ1n) is 13.5. The number of unbranched alkanes of at least 4 members (excludes halogenated alkanes) is 3. The van der Waals surface area contributed by atoms with Gasteiger partial charge in [0.05, 0.1) is 15.4 Å². The van der Waals surface area contributed by atoms with Gasteiger partial charge in [-0.2, -0.15) is 0 Å². The van der Waals surface area contributed by atoms with Crippen LogP contribution >= 0.6 is 34.9 Å². The summed E-state index contributed by atoms with van der Waals surface area (Å²) in [6.07, 6.45) is 11.1. The summed E-state index contributed by atoms with van der Waals surface area (Å²) in [6.45, 7) is 5.51. The quantitative estimate of drug-likeness (QED) is 0.179. The fraction of sp³-hybridized carbons (Fsp3) is 0.355. The van der Waals surface area contributed by atoms with Crippen molar-refractivity contribution in [1.82, 2.24) is 4.98 Å². The molecule has 0 bridgehead atoms. The lowest BCUT2D eigenvalue weighted by Crippen LogP contribution is -2.15. The highest BCUT2D eigenvalue weighted by molar-refractivity contribution is 8.00. The van der Waals surface area contributed by atoms with E-state index < -0.39 is 0 Å². The van der Waals surface area contributed by atoms with E-state index in [9.17, 15) is 4.79 Å². The van der Waals surface area contributed by atoms with Crippen LogP contribution in [0.4, 0.5) is 11.4 Å². The molecule has 2 aromatic heterocycles. The number of amides is 1. The third-order valence-corrected chi connectivity index (χ3v) is 8.92. The van der Waals surface area contributed by atoms with Crippen molar-refractivity contribution in [2.24, 2.45) is 0 Å². The molecule has 1 aliphatic rings. The normalized spacial score (nSPS) is 13.5. The summed E-state index contributed by atoms with van der Waals surface area (Å²) in [6, 6.07) is 17.4. The molecule has 1 N–H and O–H groups in total. The zero-order valence-electron chi connectivity index (χ0n) is 22.2. The van der Waals surface area contributed by atoms with Gasteiger partial charge < -0.3 is 9.62 Å². The average Bonchev–Trinajstić information content (AvgIpc) is 3.27. The molecule has 7 heteroatoms. The number of carbonyl (C=O) groups is 1. The SMILES string of the molecule is CCCCCC.O=C(Nc1ccc(Cl)c(-c2nccc3ccsc23)c1)c1ccc(N2CCCCCS2)cc1. The van der Waals surface area contributed by atoms with Crippen LogP contribution in [-0.2, 0) is 0 Å². The summed E-state index contributed by atoms with van der Waals surface area (Å²) >= 11 is 10.0. The van der Waals surface area contributed by atoms with Gasteiger partial charge in [0.15, 0.2) is 0 Å². The minimum absolute atomic E-state index is 0.143. The van der Waals surface area contributed by atoms with Gasteiger partial charge >= 0.3 is 0 Å². The number of carbonyl (C=O) groups excluding carboxylic acids is 1. The van der Waals surface area contributed by atoms with E-state index in [0.29, 0.717) is 16.3 Å². The maximum Gasteiger partial charge on any atom is 0.255 e. The topological polar surface area (TPSA) is 45.2 Å². The van der Waals surface area contributed by atoms with Crippen LogP contribution in [-0.4, -0.2) is 23.2 Å². The molecule has 0 aliphatic carbocycles. The number of halogens is 1. The Bertz CT molecular complexity index is 1310. The Morgan fingerprint density at radius 3 is 2.55 bits per heavy atom. The molecule has 200 valence electrons. The second kappa shape index (κ2) is 14.6. The minimum Gasteiger partial charge on any atom is -0.322 e. The third-order valence-electron chi connectivity index (χ3n) is 6.48. The van der Waals surface area contributed by atoms with Crippen molar-refractivity contribution in [3.63, 3.8) is 0 Å². The Hall–Kier alpha value is -2.54. The van der Waals surface area contributed by atoms with Crippen LogP contribution in [0.15, 0.2) is 66.2 Å². The predicted molar refractivity (Wildman–Crippen MR) is 168 cm³/mol. The number of anilines is 2. The van der Waals surface area contributed by atoms with Crippen molar-refractivity contribution >= 4 is 62.3 Å². The van der Waals surface area contributed by atoms with Crippen LogP contribution in [0.25, 0.3) is 21.3 Å². The van der Waals surface area contributed by atoms with E-state index in [0.717, 1.165) is 39.3 Å². The van der Waals surface area contributed by atoms with Gasteiger partial charge in [0.2, 0.25) is 0 Å². The van der Waals surface area contributed by atoms with E-state index in [1.807, 2.05) is 59.8 Å². The number of nitrogens with zero attached hydrogens (tertiary/aromatic N) is 2. The number of rotatable bonds is 7. The Morgan fingerprint density at radius 2 is 1.79 bits per heavy atom. The van der Waals surface area contributed by atoms with E-state index >= 15 is 0 Å². The molecule has 1 saturated heterocycles. The highest BCUT2D eigenvalue weighted by atomic mass is 35.5. The predicted octanol–water partition coefficient (Wildman–Crippen LogP) is 10.1. The smallest absolute Gasteiger partial charge is 0.255 e. The summed E-state index contributed by atoms with van der Waals surface area (Å²) in [7, 11) is 0. The van der Waals surface area contributed by atoms with Crippen LogP contribution in [0.2, 0.25) is 5.02 Å². The standard InChI is InChI=1S/C25H22ClN3OS2.C6H14/c26-22-9-6-19(16-21(22)23-24-17(10-12-27-23)11-15-31-24)28-25(30)18-4-7-20(8-5-18)29-13-2-1-3-14-32-29;1-3-5-6-4-2/h4-12,15-16H,1-3,13-14H2,(H,28,30);3-6H2,1-2H3. The molecule has 5 rings (SSSR count). The zero-order valence-corrected chi connectivity index (χ0v) is 24.6. The molecule has 0 saturated carbocycles. The molecule has 1 aliphatic heterocycles. The molecule has 3 heterocycles. The lowest BCUT2D eigenvalue weighted by molar-refractivity contribution is 0.102. The largest absolute Gasteiger partial charge is 0.322 e. The van der Waals surface area contributed by atoms with Crippen LogP contribution < -0.4 is 9.62 Å². The van der Waals surface area contributed by atoms with Gasteiger partial charge in [-0.15, -0.1) is 11.3 Å². The molecule has 4 nitrogen and oxygen atoms in total. The van der Waals surface area contributed by atoms with Gasteiger partial charge in [-0.1, -0.05) is 57.6 Å². The maximum atomic E-state index is 12.9. The van der Waals surface area contributed by atoms with Crippen molar-refractivity contribution in [2.75, 3.05) is 21.9 Å². The van der Waals surface area contributed by atoms with Crippen molar-refractivity contribution in [1.29, 1.82) is 0 Å². The molecule has 0 radical (unpaired) electrons. The van der Waals surface area contributed by atoms with E-state index in [2.05, 4.69) is 34.5 Å². The van der Waals surface area contributed by atoms with Gasteiger partial charge in [-0.25, -0.2) is 0 Å². The lowest BCUT2D eigenvalue weighted by Gasteiger charge is -2.21. The molecule has 38 heavy (non-hydrogen) atoms. The van der Waals surface area contributed by atoms with Crippen LogP contribution in [0, 0.1) is 0 Å². The second-order valence-corrected chi connectivity index (χ2v) is 11.8. The van der Waals surface area contributed by atoms with E-state index in [4.69, 9.17) is 11.6 Å². The highest BCUT2D eigenvalue weighted by Gasteiger charge is 2.15. The number of benzene rings is 2. The van der Waals surface area contributed by atoms with Crippen LogP contribution in [0.1, 0.15) is 69.2 Å². The number of hydrogen-bond acceptors (Lipinski definition) is 5. The number of pyridine rings is 1. The number of nitrogens with one attached hydrogen (secondary N) is 1. The molecule has 0 spiro atoms. The summed E-state index contributed by atoms with van der Waals surface area (Å²) in [5.41, 5.74) is 4.11. The monoisotopic (exact) mass is 565 g/mol.